The van der Waals surface area contributed by atoms with Crippen LogP contribution in [0.2, 0.25) is 0 Å². The van der Waals surface area contributed by atoms with Crippen molar-refractivity contribution in [3.8, 4) is 0 Å². The fraction of sp³-hybridized carbons (Fsp3) is 0.692. The van der Waals surface area contributed by atoms with Crippen molar-refractivity contribution < 1.29 is 18.0 Å². The van der Waals surface area contributed by atoms with Gasteiger partial charge in [-0.05, 0) is 64.1 Å². The summed E-state index contributed by atoms with van der Waals surface area (Å²) in [4.78, 5) is 32.3. The molecule has 0 atom stereocenters. The third kappa shape index (κ3) is 5.70. The average molecular weight is 520 g/mol. The first kappa shape index (κ1) is 26.9. The molecule has 10 heteroatoms. The molecule has 1 aliphatic heterocycles. The Balaban J connectivity index is 1.45. The van der Waals surface area contributed by atoms with Gasteiger partial charge < -0.3 is 15.1 Å². The molecule has 3 amide bonds. The van der Waals surface area contributed by atoms with Gasteiger partial charge in [0, 0.05) is 31.7 Å². The van der Waals surface area contributed by atoms with E-state index in [2.05, 4.69) is 58.2 Å². The highest BCUT2D eigenvalue weighted by Crippen LogP contribution is 2.49. The summed E-state index contributed by atoms with van der Waals surface area (Å²) in [5.74, 6) is 0.290. The number of hydrogen-bond acceptors (Lipinski definition) is 5. The molecular formula is C26H41N5O4S. The number of amides is 3. The van der Waals surface area contributed by atoms with E-state index in [1.807, 2.05) is 6.07 Å². The molecule has 9 nitrogen and oxygen atoms in total. The van der Waals surface area contributed by atoms with E-state index < -0.39 is 10.0 Å². The second-order valence-corrected chi connectivity index (χ2v) is 12.9. The van der Waals surface area contributed by atoms with E-state index in [1.54, 1.807) is 4.90 Å². The van der Waals surface area contributed by atoms with Gasteiger partial charge in [0.25, 0.3) is 0 Å². The first-order chi connectivity index (χ1) is 17.0. The SMILES string of the molecule is CN(C)C1(c2ccccc2)CCC2(CC1)CN(CC(=O)NCCNS(C)(=O)=O)C(=O)N2CC1CCC1. The molecule has 0 unspecified atom stereocenters. The number of nitrogens with one attached hydrogen (secondary N) is 2. The molecule has 200 valence electrons. The molecule has 36 heavy (non-hydrogen) atoms. The molecule has 3 aliphatic rings. The van der Waals surface area contributed by atoms with E-state index in [-0.39, 0.29) is 42.7 Å². The van der Waals surface area contributed by atoms with Crippen LogP contribution in [0.1, 0.15) is 50.5 Å². The molecule has 2 N–H and O–H groups in total. The van der Waals surface area contributed by atoms with Gasteiger partial charge in [-0.15, -0.1) is 0 Å². The lowest BCUT2D eigenvalue weighted by Crippen LogP contribution is -2.56. The summed E-state index contributed by atoms with van der Waals surface area (Å²) in [6, 6.07) is 10.6. The number of nitrogens with zero attached hydrogens (tertiary/aromatic N) is 3. The number of benzene rings is 1. The van der Waals surface area contributed by atoms with Gasteiger partial charge in [0.15, 0.2) is 0 Å². The van der Waals surface area contributed by atoms with E-state index in [4.69, 9.17) is 0 Å². The van der Waals surface area contributed by atoms with Crippen LogP contribution >= 0.6 is 0 Å². The van der Waals surface area contributed by atoms with Crippen LogP contribution in [0.3, 0.4) is 0 Å². The molecule has 1 saturated heterocycles. The molecule has 0 bridgehead atoms. The number of hydrogen-bond donors (Lipinski definition) is 2. The van der Waals surface area contributed by atoms with E-state index in [9.17, 15) is 18.0 Å². The second kappa shape index (κ2) is 10.7. The zero-order valence-corrected chi connectivity index (χ0v) is 22.6. The first-order valence-electron chi connectivity index (χ1n) is 13.1. The maximum Gasteiger partial charge on any atom is 0.321 e. The summed E-state index contributed by atoms with van der Waals surface area (Å²) in [5.41, 5.74) is 1.01. The number of sulfonamides is 1. The van der Waals surface area contributed by atoms with Crippen LogP contribution in [0, 0.1) is 5.92 Å². The number of carbonyl (C=O) groups excluding carboxylic acids is 2. The molecule has 1 aromatic rings. The minimum Gasteiger partial charge on any atom is -0.353 e. The Bertz CT molecular complexity index is 1030. The molecule has 0 radical (unpaired) electrons. The predicted molar refractivity (Wildman–Crippen MR) is 140 cm³/mol. The molecule has 4 rings (SSSR count). The lowest BCUT2D eigenvalue weighted by Gasteiger charge is -2.51. The summed E-state index contributed by atoms with van der Waals surface area (Å²) in [6.07, 6.45) is 8.35. The molecule has 2 aliphatic carbocycles. The monoisotopic (exact) mass is 519 g/mol. The lowest BCUT2D eigenvalue weighted by atomic mass is 9.68. The van der Waals surface area contributed by atoms with Crippen LogP contribution < -0.4 is 10.0 Å². The summed E-state index contributed by atoms with van der Waals surface area (Å²) in [6.45, 7) is 1.65. The minimum atomic E-state index is -3.30. The van der Waals surface area contributed by atoms with Crippen LogP contribution in [0.15, 0.2) is 30.3 Å². The van der Waals surface area contributed by atoms with Gasteiger partial charge in [-0.3, -0.25) is 9.69 Å². The van der Waals surface area contributed by atoms with Gasteiger partial charge >= 0.3 is 6.03 Å². The van der Waals surface area contributed by atoms with Crippen LogP contribution in [0.5, 0.6) is 0 Å². The maximum absolute atomic E-state index is 13.6. The average Bonchev–Trinajstić information content (AvgIpc) is 3.04. The number of urea groups is 1. The highest BCUT2D eigenvalue weighted by atomic mass is 32.2. The van der Waals surface area contributed by atoms with E-state index >= 15 is 0 Å². The second-order valence-electron chi connectivity index (χ2n) is 11.1. The van der Waals surface area contributed by atoms with Crippen LogP contribution in [-0.4, -0.2) is 93.7 Å². The fourth-order valence-electron chi connectivity index (χ4n) is 6.18. The normalized spacial score (nSPS) is 27.1. The highest BCUT2D eigenvalue weighted by Gasteiger charge is 2.55. The molecule has 1 aromatic carbocycles. The summed E-state index contributed by atoms with van der Waals surface area (Å²) in [5, 5.41) is 2.74. The standard InChI is InChI=1S/C26H41N5O4S/c1-29(2)26(22-10-5-4-6-11-22)14-12-25(13-15-26)20-30(24(33)31(25)18-21-8-7-9-21)19-23(32)27-16-17-28-36(3,34)35/h4-6,10-11,21,28H,7-9,12-20H2,1-3H3,(H,27,32). The van der Waals surface area contributed by atoms with Gasteiger partial charge in [-0.1, -0.05) is 36.8 Å². The molecule has 3 fully saturated rings. The van der Waals surface area contributed by atoms with Gasteiger partial charge in [-0.2, -0.15) is 0 Å². The van der Waals surface area contributed by atoms with Crippen molar-refractivity contribution in [2.24, 2.45) is 5.92 Å². The third-order valence-electron chi connectivity index (χ3n) is 8.55. The van der Waals surface area contributed by atoms with E-state index in [1.165, 1.54) is 24.8 Å². The molecule has 0 aromatic heterocycles. The zero-order chi connectivity index (χ0) is 26.0. The Morgan fingerprint density at radius 2 is 1.75 bits per heavy atom. The Kier molecular flexibility index (Phi) is 7.97. The van der Waals surface area contributed by atoms with Crippen molar-refractivity contribution in [1.82, 2.24) is 24.7 Å². The van der Waals surface area contributed by atoms with E-state index in [0.717, 1.165) is 38.5 Å². The number of carbonyl (C=O) groups is 2. The van der Waals surface area contributed by atoms with Crippen molar-refractivity contribution in [2.75, 3.05) is 53.1 Å². The van der Waals surface area contributed by atoms with Gasteiger partial charge in [0.1, 0.15) is 6.54 Å². The Morgan fingerprint density at radius 1 is 1.08 bits per heavy atom. The molecule has 2 saturated carbocycles. The van der Waals surface area contributed by atoms with Gasteiger partial charge in [0.05, 0.1) is 11.8 Å². The zero-order valence-electron chi connectivity index (χ0n) is 21.8. The Morgan fingerprint density at radius 3 is 2.31 bits per heavy atom. The van der Waals surface area contributed by atoms with Crippen molar-refractivity contribution >= 4 is 22.0 Å². The lowest BCUT2D eigenvalue weighted by molar-refractivity contribution is -0.121. The minimum absolute atomic E-state index is 0.00185. The van der Waals surface area contributed by atoms with Crippen molar-refractivity contribution in [1.29, 1.82) is 0 Å². The summed E-state index contributed by atoms with van der Waals surface area (Å²) in [7, 11) is 0.990. The maximum atomic E-state index is 13.6. The summed E-state index contributed by atoms with van der Waals surface area (Å²) >= 11 is 0. The highest BCUT2D eigenvalue weighted by molar-refractivity contribution is 7.88. The largest absolute Gasteiger partial charge is 0.353 e. The molecule has 1 heterocycles. The van der Waals surface area contributed by atoms with Crippen molar-refractivity contribution in [3.05, 3.63) is 35.9 Å². The van der Waals surface area contributed by atoms with E-state index in [0.29, 0.717) is 12.5 Å². The van der Waals surface area contributed by atoms with Crippen molar-refractivity contribution in [2.45, 2.75) is 56.0 Å². The van der Waals surface area contributed by atoms with Gasteiger partial charge in [0.2, 0.25) is 15.9 Å². The van der Waals surface area contributed by atoms with Crippen LogP contribution in [0.4, 0.5) is 4.79 Å². The smallest absolute Gasteiger partial charge is 0.321 e. The first-order valence-corrected chi connectivity index (χ1v) is 14.9. The predicted octanol–water partition coefficient (Wildman–Crippen LogP) is 1.96. The quantitative estimate of drug-likeness (QED) is 0.460. The number of rotatable bonds is 10. The van der Waals surface area contributed by atoms with Crippen LogP contribution in [-0.2, 0) is 20.4 Å². The van der Waals surface area contributed by atoms with Crippen LogP contribution in [0.25, 0.3) is 0 Å². The van der Waals surface area contributed by atoms with Crippen molar-refractivity contribution in [3.63, 3.8) is 0 Å². The summed E-state index contributed by atoms with van der Waals surface area (Å²) < 4.78 is 24.8. The fourth-order valence-corrected chi connectivity index (χ4v) is 6.65. The molecular weight excluding hydrogens is 478 g/mol. The van der Waals surface area contributed by atoms with Gasteiger partial charge in [-0.25, -0.2) is 17.9 Å². The Labute approximate surface area is 215 Å². The Hall–Kier alpha value is -2.17. The third-order valence-corrected chi connectivity index (χ3v) is 9.27. The topological polar surface area (TPSA) is 102 Å². The molecule has 1 spiro atoms.